The summed E-state index contributed by atoms with van der Waals surface area (Å²) in [5.41, 5.74) is 1.54. The molecule has 1 aromatic carbocycles. The van der Waals surface area contributed by atoms with E-state index in [4.69, 9.17) is 15.9 Å². The molecule has 0 spiro atoms. The first-order valence-electron chi connectivity index (χ1n) is 6.49. The molecule has 0 aliphatic carbocycles. The van der Waals surface area contributed by atoms with Gasteiger partial charge in [-0.05, 0) is 0 Å². The van der Waals surface area contributed by atoms with E-state index in [9.17, 15) is 0 Å². The van der Waals surface area contributed by atoms with Crippen LogP contribution in [0.3, 0.4) is 0 Å². The van der Waals surface area contributed by atoms with E-state index >= 15 is 0 Å². The first-order chi connectivity index (χ1) is 9.71. The van der Waals surface area contributed by atoms with Crippen LogP contribution in [0.5, 0.6) is 0 Å². The molecule has 0 N–H and O–H groups in total. The summed E-state index contributed by atoms with van der Waals surface area (Å²) in [4.78, 5) is 1.40. The van der Waals surface area contributed by atoms with Crippen LogP contribution in [-0.4, -0.2) is 71.5 Å². The van der Waals surface area contributed by atoms with E-state index in [0.29, 0.717) is 0 Å². The molecule has 2 aromatic rings. The van der Waals surface area contributed by atoms with Gasteiger partial charge in [-0.3, -0.25) is 0 Å². The molecule has 118 valence electrons. The van der Waals surface area contributed by atoms with Gasteiger partial charge < -0.3 is 0 Å². The van der Waals surface area contributed by atoms with E-state index in [2.05, 4.69) is 10.3 Å². The third-order valence-electron chi connectivity index (χ3n) is 3.56. The van der Waals surface area contributed by atoms with Crippen molar-refractivity contribution in [2.45, 2.75) is 0 Å². The maximum absolute atomic E-state index is 7.09. The molecular weight excluding hydrogens is 311 g/mol. The Morgan fingerprint density at radius 3 is 2.05 bits per heavy atom. The molecule has 0 aliphatic heterocycles. The van der Waals surface area contributed by atoms with E-state index in [1.165, 1.54) is 4.85 Å². The first kappa shape index (κ1) is 16.4. The molecule has 0 atom stereocenters. The average molecular weight is 333 g/mol. The second-order valence-electron chi connectivity index (χ2n) is 5.38. The Labute approximate surface area is 129 Å². The van der Waals surface area contributed by atoms with Gasteiger partial charge in [-0.25, -0.2) is 0 Å². The third-order valence-corrected chi connectivity index (χ3v) is 10.9. The number of nitrogens with zero attached hydrogens (tertiary/aromatic N) is 6. The first-order valence-corrected chi connectivity index (χ1v) is 9.41. The van der Waals surface area contributed by atoms with Crippen molar-refractivity contribution < 1.29 is 4.62 Å². The molecule has 0 unspecified atom stereocenters. The zero-order chi connectivity index (χ0) is 15.9. The van der Waals surface area contributed by atoms with E-state index in [1.807, 2.05) is 80.6 Å². The summed E-state index contributed by atoms with van der Waals surface area (Å²) in [5, 5.41) is 8.19. The second kappa shape index (κ2) is 5.34. The minimum absolute atomic E-state index is 0.760. The number of hydrogen-bond acceptors (Lipinski definition) is 6. The summed E-state index contributed by atoms with van der Waals surface area (Å²) < 4.78 is 11.9. The Kier molecular flexibility index (Phi) is 4.17. The normalized spacial score (nSPS) is 14.9. The number of aromatic nitrogens is 3. The van der Waals surface area contributed by atoms with Crippen LogP contribution < -0.4 is 4.62 Å². The molecular formula is C12H22ClN6OP. The molecule has 2 rings (SSSR count). The molecule has 21 heavy (non-hydrogen) atoms. The number of benzene rings is 1. The monoisotopic (exact) mass is 332 g/mol. The van der Waals surface area contributed by atoms with Crippen LogP contribution in [0.25, 0.3) is 11.0 Å². The van der Waals surface area contributed by atoms with Gasteiger partial charge in [0.25, 0.3) is 0 Å². The Balaban J connectivity index is 2.59. The van der Waals surface area contributed by atoms with Gasteiger partial charge in [0.05, 0.1) is 0 Å². The molecule has 0 saturated carbocycles. The number of rotatable bonds is 5. The van der Waals surface area contributed by atoms with E-state index < -0.39 is 6.64 Å². The van der Waals surface area contributed by atoms with Gasteiger partial charge in [-0.1, -0.05) is 0 Å². The second-order valence-corrected chi connectivity index (χ2v) is 11.3. The average Bonchev–Trinajstić information content (AvgIpc) is 2.81. The standard InChI is InChI=1S/C12H22ClN6OP/c1-16(2)21(13,17(3)4,18(5)6)20-19-12-10-8-7-9-11(12)14-15-19/h7-10H,1-6H3. The fraction of sp³-hybridized carbons (Fsp3) is 0.500. The van der Waals surface area contributed by atoms with Crippen molar-refractivity contribution in [2.24, 2.45) is 0 Å². The zero-order valence-electron chi connectivity index (χ0n) is 13.2. The zero-order valence-corrected chi connectivity index (χ0v) is 14.9. The predicted molar refractivity (Wildman–Crippen MR) is 87.9 cm³/mol. The minimum atomic E-state index is -3.51. The van der Waals surface area contributed by atoms with Crippen molar-refractivity contribution in [2.75, 3.05) is 42.3 Å². The summed E-state index contributed by atoms with van der Waals surface area (Å²) >= 11 is 7.09. The van der Waals surface area contributed by atoms with Crippen molar-refractivity contribution in [3.63, 3.8) is 0 Å². The third kappa shape index (κ3) is 2.29. The van der Waals surface area contributed by atoms with Crippen molar-refractivity contribution in [1.29, 1.82) is 0 Å². The van der Waals surface area contributed by atoms with Gasteiger partial charge in [0.15, 0.2) is 0 Å². The van der Waals surface area contributed by atoms with Gasteiger partial charge in [0.1, 0.15) is 0 Å². The van der Waals surface area contributed by atoms with Gasteiger partial charge in [0.2, 0.25) is 0 Å². The Hall–Kier alpha value is -0.980. The van der Waals surface area contributed by atoms with Gasteiger partial charge in [-0.2, -0.15) is 0 Å². The maximum atomic E-state index is 7.09. The van der Waals surface area contributed by atoms with Crippen molar-refractivity contribution in [3.05, 3.63) is 24.3 Å². The van der Waals surface area contributed by atoms with Gasteiger partial charge >= 0.3 is 129 Å². The summed E-state index contributed by atoms with van der Waals surface area (Å²) in [6, 6.07) is 7.60. The predicted octanol–water partition coefficient (Wildman–Crippen LogP) is 1.91. The Bertz CT molecular complexity index is 619. The molecule has 0 amide bonds. The van der Waals surface area contributed by atoms with Crippen LogP contribution in [0.2, 0.25) is 0 Å². The molecule has 1 heterocycles. The SMILES string of the molecule is CN(C)P(Cl)(On1nnc2ccccc21)(N(C)C)N(C)C. The molecule has 1 aromatic heterocycles. The number of hydrogen-bond donors (Lipinski definition) is 0. The molecule has 0 fully saturated rings. The topological polar surface area (TPSA) is 49.7 Å². The summed E-state index contributed by atoms with van der Waals surface area (Å²) in [7, 11) is 11.4. The quantitative estimate of drug-likeness (QED) is 0.780. The molecule has 0 bridgehead atoms. The molecule has 0 radical (unpaired) electrons. The fourth-order valence-electron chi connectivity index (χ4n) is 2.33. The van der Waals surface area contributed by atoms with Crippen LogP contribution in [0.1, 0.15) is 0 Å². The van der Waals surface area contributed by atoms with E-state index in [-0.39, 0.29) is 0 Å². The van der Waals surface area contributed by atoms with Crippen LogP contribution in [0, 0.1) is 0 Å². The van der Waals surface area contributed by atoms with Crippen LogP contribution in [0.4, 0.5) is 0 Å². The molecule has 0 saturated heterocycles. The Morgan fingerprint density at radius 1 is 1.00 bits per heavy atom. The van der Waals surface area contributed by atoms with Crippen molar-refractivity contribution in [3.8, 4) is 0 Å². The number of halogens is 1. The van der Waals surface area contributed by atoms with Gasteiger partial charge in [0, 0.05) is 0 Å². The van der Waals surface area contributed by atoms with Crippen LogP contribution in [-0.2, 0) is 0 Å². The number of fused-ring (bicyclic) bond motifs is 1. The fourth-order valence-corrected chi connectivity index (χ4v) is 5.48. The molecule has 7 nitrogen and oxygen atoms in total. The summed E-state index contributed by atoms with van der Waals surface area (Å²) in [6.07, 6.45) is 0. The van der Waals surface area contributed by atoms with E-state index in [0.717, 1.165) is 11.0 Å². The van der Waals surface area contributed by atoms with Crippen molar-refractivity contribution in [1.82, 2.24) is 29.2 Å². The number of para-hydroxylation sites is 1. The van der Waals surface area contributed by atoms with Gasteiger partial charge in [-0.15, -0.1) is 0 Å². The van der Waals surface area contributed by atoms with Crippen LogP contribution in [0.15, 0.2) is 24.3 Å². The Morgan fingerprint density at radius 2 is 1.52 bits per heavy atom. The van der Waals surface area contributed by atoms with Crippen LogP contribution >= 0.6 is 17.9 Å². The van der Waals surface area contributed by atoms with Crippen molar-refractivity contribution >= 4 is 28.9 Å². The summed E-state index contributed by atoms with van der Waals surface area (Å²) in [5.74, 6) is 0. The molecule has 9 heteroatoms. The summed E-state index contributed by atoms with van der Waals surface area (Å²) in [6.45, 7) is -3.51. The van der Waals surface area contributed by atoms with E-state index in [1.54, 1.807) is 0 Å². The molecule has 0 aliphatic rings.